The predicted molar refractivity (Wildman–Crippen MR) is 151 cm³/mol. The molecule has 0 aliphatic heterocycles. The number of ether oxygens (including phenoxy) is 1. The first-order valence-electron chi connectivity index (χ1n) is 12.9. The molecule has 1 saturated carbocycles. The van der Waals surface area contributed by atoms with E-state index in [9.17, 15) is 23.1 Å². The van der Waals surface area contributed by atoms with Gasteiger partial charge in [0.15, 0.2) is 0 Å². The van der Waals surface area contributed by atoms with Crippen LogP contribution in [0.2, 0.25) is 0 Å². The van der Waals surface area contributed by atoms with Crippen molar-refractivity contribution in [2.24, 2.45) is 10.9 Å². The molecule has 0 atom stereocenters. The Hall–Kier alpha value is -4.28. The molecule has 3 aromatic carbocycles. The van der Waals surface area contributed by atoms with E-state index in [2.05, 4.69) is 4.72 Å². The molecule has 0 bridgehead atoms. The third kappa shape index (κ3) is 5.83. The van der Waals surface area contributed by atoms with Crippen LogP contribution in [-0.2, 0) is 26.2 Å². The molecule has 1 heterocycles. The van der Waals surface area contributed by atoms with Gasteiger partial charge in [-0.15, -0.1) is 0 Å². The Morgan fingerprint density at radius 3 is 2.35 bits per heavy atom. The van der Waals surface area contributed by atoms with Gasteiger partial charge in [-0.1, -0.05) is 42.5 Å². The molecule has 0 radical (unpaired) electrons. The second-order valence-electron chi connectivity index (χ2n) is 9.80. The third-order valence-corrected chi connectivity index (χ3v) is 8.12. The van der Waals surface area contributed by atoms with Crippen LogP contribution in [0.3, 0.4) is 0 Å². The first-order chi connectivity index (χ1) is 19.1. The second kappa shape index (κ2) is 11.1. The molecule has 1 aliphatic rings. The maximum atomic E-state index is 13.1. The van der Waals surface area contributed by atoms with Crippen LogP contribution in [0.1, 0.15) is 48.2 Å². The Morgan fingerprint density at radius 1 is 1.02 bits per heavy atom. The number of fused-ring (bicyclic) bond motifs is 1. The fourth-order valence-electron chi connectivity index (χ4n) is 4.45. The molecule has 2 N–H and O–H groups in total. The van der Waals surface area contributed by atoms with Crippen molar-refractivity contribution in [1.29, 1.82) is 0 Å². The molecule has 1 aliphatic carbocycles. The number of hydrogen-bond donors (Lipinski definition) is 2. The van der Waals surface area contributed by atoms with Crippen LogP contribution in [0.5, 0.6) is 5.88 Å². The minimum absolute atomic E-state index is 0.0323. The zero-order chi connectivity index (χ0) is 28.4. The smallest absolute Gasteiger partial charge is 0.302 e. The summed E-state index contributed by atoms with van der Waals surface area (Å²) < 4.78 is 35.1. The van der Waals surface area contributed by atoms with E-state index in [-0.39, 0.29) is 28.9 Å². The number of aromatic hydroxyl groups is 1. The monoisotopic (exact) mass is 559 g/mol. The highest BCUT2D eigenvalue weighted by Gasteiger charge is 2.28. The van der Waals surface area contributed by atoms with E-state index in [0.717, 1.165) is 23.0 Å². The molecule has 206 valence electrons. The van der Waals surface area contributed by atoms with Gasteiger partial charge in [0.1, 0.15) is 6.61 Å². The molecule has 0 amide bonds. The molecule has 1 aromatic heterocycles. The number of carbonyl (C=O) groups is 2. The highest BCUT2D eigenvalue weighted by Crippen LogP contribution is 2.36. The fraction of sp³-hybridized carbons (Fsp3) is 0.233. The summed E-state index contributed by atoms with van der Waals surface area (Å²) in [5.74, 6) is -0.792. The number of aliphatic imine (C=N–C) groups is 1. The van der Waals surface area contributed by atoms with Crippen LogP contribution in [0, 0.1) is 5.92 Å². The number of benzene rings is 3. The van der Waals surface area contributed by atoms with Crippen molar-refractivity contribution in [3.63, 3.8) is 0 Å². The normalized spacial score (nSPS) is 13.9. The van der Waals surface area contributed by atoms with Gasteiger partial charge in [-0.3, -0.25) is 14.2 Å². The van der Waals surface area contributed by atoms with E-state index in [1.54, 1.807) is 24.3 Å². The quantitative estimate of drug-likeness (QED) is 0.221. The summed E-state index contributed by atoms with van der Waals surface area (Å²) in [7, 11) is -3.81. The molecule has 1 fully saturated rings. The maximum absolute atomic E-state index is 13.1. The Kier molecular flexibility index (Phi) is 7.55. The molecule has 9 nitrogen and oxygen atoms in total. The molecule has 40 heavy (non-hydrogen) atoms. The number of hydrogen-bond acceptors (Lipinski definition) is 7. The van der Waals surface area contributed by atoms with Crippen LogP contribution < -0.4 is 4.72 Å². The average molecular weight is 560 g/mol. The highest BCUT2D eigenvalue weighted by atomic mass is 32.2. The van der Waals surface area contributed by atoms with E-state index in [1.807, 2.05) is 30.3 Å². The lowest BCUT2D eigenvalue weighted by molar-refractivity contribution is -0.142. The van der Waals surface area contributed by atoms with Crippen molar-refractivity contribution >= 4 is 44.2 Å². The van der Waals surface area contributed by atoms with Crippen molar-refractivity contribution in [3.05, 3.63) is 89.5 Å². The lowest BCUT2D eigenvalue weighted by Crippen LogP contribution is -2.25. The summed E-state index contributed by atoms with van der Waals surface area (Å²) in [5, 5.41) is 11.8. The number of sulfonamides is 1. The molecule has 0 saturated heterocycles. The molecule has 0 unspecified atom stereocenters. The average Bonchev–Trinajstić information content (AvgIpc) is 3.72. The van der Waals surface area contributed by atoms with E-state index in [0.29, 0.717) is 40.3 Å². The molecule has 5 rings (SSSR count). The zero-order valence-corrected chi connectivity index (χ0v) is 22.9. The largest absolute Gasteiger partial charge is 0.494 e. The van der Waals surface area contributed by atoms with Gasteiger partial charge in [-0.05, 0) is 54.7 Å². The molecule has 4 aromatic rings. The molecular formula is C30H29N3O6S. The van der Waals surface area contributed by atoms with Gasteiger partial charge in [0, 0.05) is 31.3 Å². The number of rotatable bonds is 9. The first-order valence-corrected chi connectivity index (χ1v) is 14.4. The van der Waals surface area contributed by atoms with Crippen LogP contribution in [-0.4, -0.2) is 42.2 Å². The summed E-state index contributed by atoms with van der Waals surface area (Å²) in [4.78, 5) is 28.6. The second-order valence-corrected chi connectivity index (χ2v) is 11.6. The molecule has 10 heteroatoms. The van der Waals surface area contributed by atoms with Crippen molar-refractivity contribution < 1.29 is 27.9 Å². The summed E-state index contributed by atoms with van der Waals surface area (Å²) in [6, 6.07) is 20.6. The Morgan fingerprint density at radius 2 is 1.73 bits per heavy atom. The van der Waals surface area contributed by atoms with Crippen molar-refractivity contribution in [2.45, 2.75) is 38.2 Å². The SMILES string of the molecule is CC(=O)OCc1ccc(N=C(c2ccccc2)c2c(O)n(C(C)=O)c3ccc(S(=O)(=O)NCC4CC4)cc23)cc1. The zero-order valence-electron chi connectivity index (χ0n) is 22.1. The van der Waals surface area contributed by atoms with Crippen LogP contribution in [0.4, 0.5) is 5.69 Å². The third-order valence-electron chi connectivity index (χ3n) is 6.70. The van der Waals surface area contributed by atoms with Crippen molar-refractivity contribution in [3.8, 4) is 5.88 Å². The van der Waals surface area contributed by atoms with Crippen LogP contribution in [0.25, 0.3) is 10.9 Å². The predicted octanol–water partition coefficient (Wildman–Crippen LogP) is 4.93. The number of esters is 1. The van der Waals surface area contributed by atoms with Gasteiger partial charge in [0.05, 0.1) is 27.4 Å². The Balaban J connectivity index is 1.67. The number of carbonyl (C=O) groups excluding carboxylic acids is 2. The topological polar surface area (TPSA) is 127 Å². The highest BCUT2D eigenvalue weighted by molar-refractivity contribution is 7.89. The van der Waals surface area contributed by atoms with Crippen molar-refractivity contribution in [2.75, 3.05) is 6.54 Å². The minimum Gasteiger partial charge on any atom is -0.494 e. The summed E-state index contributed by atoms with van der Waals surface area (Å²) in [5.41, 5.74) is 2.94. The summed E-state index contributed by atoms with van der Waals surface area (Å²) >= 11 is 0. The minimum atomic E-state index is -3.81. The van der Waals surface area contributed by atoms with Crippen LogP contribution in [0.15, 0.2) is 82.7 Å². The van der Waals surface area contributed by atoms with Gasteiger partial charge in [-0.2, -0.15) is 0 Å². The summed E-state index contributed by atoms with van der Waals surface area (Å²) in [6.45, 7) is 3.17. The van der Waals surface area contributed by atoms with Gasteiger partial charge in [0.25, 0.3) is 0 Å². The van der Waals surface area contributed by atoms with E-state index < -0.39 is 15.9 Å². The number of aromatic nitrogens is 1. The lowest BCUT2D eigenvalue weighted by Gasteiger charge is -2.10. The molecular weight excluding hydrogens is 530 g/mol. The first kappa shape index (κ1) is 27.3. The van der Waals surface area contributed by atoms with E-state index in [1.165, 1.54) is 32.0 Å². The maximum Gasteiger partial charge on any atom is 0.302 e. The number of nitrogens with zero attached hydrogens (tertiary/aromatic N) is 2. The van der Waals surface area contributed by atoms with Gasteiger partial charge < -0.3 is 9.84 Å². The van der Waals surface area contributed by atoms with E-state index in [4.69, 9.17) is 9.73 Å². The fourth-order valence-corrected chi connectivity index (χ4v) is 5.59. The molecule has 0 spiro atoms. The Bertz CT molecular complexity index is 1720. The van der Waals surface area contributed by atoms with E-state index >= 15 is 0 Å². The van der Waals surface area contributed by atoms with Gasteiger partial charge in [0.2, 0.25) is 21.8 Å². The Labute approximate surface area is 232 Å². The standard InChI is InChI=1S/C30H29N3O6S/c1-19(34)33-27-15-14-25(40(37,38)31-17-21-8-9-21)16-26(27)28(30(33)36)29(23-6-4-3-5-7-23)32-24-12-10-22(11-13-24)18-39-20(2)35/h3-7,10-16,21,31,36H,8-9,17-18H2,1-2H3. The lowest BCUT2D eigenvalue weighted by atomic mass is 10.0. The van der Waals surface area contributed by atoms with Crippen LogP contribution >= 0.6 is 0 Å². The van der Waals surface area contributed by atoms with Gasteiger partial charge >= 0.3 is 5.97 Å². The van der Waals surface area contributed by atoms with Crippen molar-refractivity contribution in [1.82, 2.24) is 9.29 Å². The summed E-state index contributed by atoms with van der Waals surface area (Å²) in [6.07, 6.45) is 2.01. The van der Waals surface area contributed by atoms with Gasteiger partial charge in [-0.25, -0.2) is 18.1 Å². The number of nitrogens with one attached hydrogen (secondary N) is 1.